The molecule has 0 saturated heterocycles. The van der Waals surface area contributed by atoms with Crippen molar-refractivity contribution in [3.63, 3.8) is 0 Å². The molecule has 0 spiro atoms. The zero-order chi connectivity index (χ0) is 15.3. The molecule has 0 aliphatic heterocycles. The molecule has 2 atom stereocenters. The molecule has 3 N–H and O–H groups in total. The van der Waals surface area contributed by atoms with Gasteiger partial charge >= 0.3 is 6.09 Å². The Hall–Kier alpha value is -1.66. The second-order valence-corrected chi connectivity index (χ2v) is 5.60. The molecule has 20 heavy (non-hydrogen) atoms. The average Bonchev–Trinajstić information content (AvgIpc) is 2.33. The third kappa shape index (κ3) is 5.54. The fourth-order valence-corrected chi connectivity index (χ4v) is 1.54. The van der Waals surface area contributed by atoms with Gasteiger partial charge in [0.25, 0.3) is 0 Å². The number of aliphatic hydroxyl groups is 2. The predicted molar refractivity (Wildman–Crippen MR) is 74.2 cm³/mol. The minimum Gasteiger partial charge on any atom is -0.444 e. The minimum absolute atomic E-state index is 0.119. The molecule has 112 valence electrons. The summed E-state index contributed by atoms with van der Waals surface area (Å²) in [7, 11) is 0. The van der Waals surface area contributed by atoms with E-state index in [1.165, 1.54) is 0 Å². The maximum atomic E-state index is 11.4. The molecule has 6 heteroatoms. The van der Waals surface area contributed by atoms with Crippen LogP contribution in [0.2, 0.25) is 0 Å². The zero-order valence-corrected chi connectivity index (χ0v) is 12.3. The number of hydrogen-bond donors (Lipinski definition) is 3. The number of nitrogens with zero attached hydrogens (tertiary/aromatic N) is 1. The Morgan fingerprint density at radius 2 is 2.05 bits per heavy atom. The summed E-state index contributed by atoms with van der Waals surface area (Å²) in [6.45, 7) is 6.91. The molecular formula is C14H22N2O4. The van der Waals surface area contributed by atoms with Gasteiger partial charge in [-0.05, 0) is 39.8 Å². The molecule has 6 nitrogen and oxygen atoms in total. The molecule has 2 unspecified atom stereocenters. The van der Waals surface area contributed by atoms with Gasteiger partial charge in [0.2, 0.25) is 0 Å². The van der Waals surface area contributed by atoms with E-state index in [1.807, 2.05) is 0 Å². The molecule has 0 saturated carbocycles. The van der Waals surface area contributed by atoms with Crippen molar-refractivity contribution in [2.24, 2.45) is 0 Å². The van der Waals surface area contributed by atoms with E-state index in [-0.39, 0.29) is 6.54 Å². The average molecular weight is 282 g/mol. The number of carbonyl (C=O) groups is 1. The molecule has 0 fully saturated rings. The van der Waals surface area contributed by atoms with Crippen LogP contribution in [0.5, 0.6) is 0 Å². The lowest BCUT2D eigenvalue weighted by atomic mass is 10.1. The van der Waals surface area contributed by atoms with Crippen LogP contribution in [0.1, 0.15) is 38.3 Å². The lowest BCUT2D eigenvalue weighted by Crippen LogP contribution is -2.39. The first-order valence-corrected chi connectivity index (χ1v) is 6.45. The number of ether oxygens (including phenoxy) is 1. The van der Waals surface area contributed by atoms with Crippen molar-refractivity contribution < 1.29 is 19.7 Å². The van der Waals surface area contributed by atoms with E-state index in [0.29, 0.717) is 5.69 Å². The Morgan fingerprint density at radius 3 is 2.60 bits per heavy atom. The van der Waals surface area contributed by atoms with Crippen molar-refractivity contribution in [2.75, 3.05) is 6.54 Å². The summed E-state index contributed by atoms with van der Waals surface area (Å²) >= 11 is 0. The van der Waals surface area contributed by atoms with Crippen molar-refractivity contribution in [3.8, 4) is 0 Å². The quantitative estimate of drug-likeness (QED) is 0.774. The zero-order valence-electron chi connectivity index (χ0n) is 12.3. The van der Waals surface area contributed by atoms with Crippen LogP contribution in [-0.4, -0.2) is 39.5 Å². The molecule has 0 aliphatic carbocycles. The highest BCUT2D eigenvalue weighted by atomic mass is 16.6. The van der Waals surface area contributed by atoms with E-state index in [1.54, 1.807) is 45.9 Å². The van der Waals surface area contributed by atoms with E-state index < -0.39 is 23.9 Å². The maximum absolute atomic E-state index is 11.4. The maximum Gasteiger partial charge on any atom is 0.407 e. The Labute approximate surface area is 118 Å². The summed E-state index contributed by atoms with van der Waals surface area (Å²) in [5.41, 5.74) is 0.503. The van der Waals surface area contributed by atoms with E-state index >= 15 is 0 Å². The van der Waals surface area contributed by atoms with Crippen molar-refractivity contribution >= 4 is 6.09 Å². The molecule has 0 bridgehead atoms. The number of pyridine rings is 1. The highest BCUT2D eigenvalue weighted by Gasteiger charge is 2.22. The summed E-state index contributed by atoms with van der Waals surface area (Å²) < 4.78 is 5.03. The van der Waals surface area contributed by atoms with Gasteiger partial charge in [0.15, 0.2) is 0 Å². The molecule has 1 amide bonds. The van der Waals surface area contributed by atoms with Gasteiger partial charge in [-0.3, -0.25) is 4.98 Å². The van der Waals surface area contributed by atoms with E-state index in [2.05, 4.69) is 10.3 Å². The predicted octanol–water partition coefficient (Wildman–Crippen LogP) is 1.31. The van der Waals surface area contributed by atoms with Crippen LogP contribution in [0.25, 0.3) is 0 Å². The second-order valence-electron chi connectivity index (χ2n) is 5.60. The number of alkyl carbamates (subject to hydrolysis) is 1. The van der Waals surface area contributed by atoms with Crippen molar-refractivity contribution in [2.45, 2.75) is 45.5 Å². The molecule has 0 radical (unpaired) electrons. The van der Waals surface area contributed by atoms with Crippen LogP contribution in [-0.2, 0) is 4.74 Å². The molecule has 1 rings (SSSR count). The first kappa shape index (κ1) is 16.4. The van der Waals surface area contributed by atoms with Crippen molar-refractivity contribution in [1.82, 2.24) is 10.3 Å². The second kappa shape index (κ2) is 6.67. The van der Waals surface area contributed by atoms with Gasteiger partial charge in [0, 0.05) is 12.2 Å². The van der Waals surface area contributed by atoms with Gasteiger partial charge in [-0.25, -0.2) is 4.79 Å². The normalized spacial score (nSPS) is 14.5. The molecule has 1 heterocycles. The van der Waals surface area contributed by atoms with Crippen LogP contribution in [0.15, 0.2) is 18.2 Å². The topological polar surface area (TPSA) is 91.7 Å². The van der Waals surface area contributed by atoms with Gasteiger partial charge in [0.05, 0.1) is 5.69 Å². The fraction of sp³-hybridized carbons (Fsp3) is 0.571. The minimum atomic E-state index is -1.16. The number of amides is 1. The van der Waals surface area contributed by atoms with E-state index in [0.717, 1.165) is 5.69 Å². The Bertz CT molecular complexity index is 457. The molecular weight excluding hydrogens is 260 g/mol. The number of aromatic nitrogens is 1. The number of aliphatic hydroxyl groups excluding tert-OH is 2. The Morgan fingerprint density at radius 1 is 1.40 bits per heavy atom. The van der Waals surface area contributed by atoms with Crippen LogP contribution < -0.4 is 5.32 Å². The van der Waals surface area contributed by atoms with Crippen molar-refractivity contribution in [1.29, 1.82) is 0 Å². The molecule has 0 aromatic carbocycles. The SMILES string of the molecule is Cc1cccc(C(O)C(O)CNC(=O)OC(C)(C)C)n1. The van der Waals surface area contributed by atoms with Gasteiger partial charge in [-0.15, -0.1) is 0 Å². The van der Waals surface area contributed by atoms with Crippen LogP contribution in [0.4, 0.5) is 4.79 Å². The van der Waals surface area contributed by atoms with Gasteiger partial charge in [-0.1, -0.05) is 6.07 Å². The summed E-state index contributed by atoms with van der Waals surface area (Å²) in [6.07, 6.45) is -2.96. The smallest absolute Gasteiger partial charge is 0.407 e. The number of nitrogens with one attached hydrogen (secondary N) is 1. The number of carbonyl (C=O) groups excluding carboxylic acids is 1. The van der Waals surface area contributed by atoms with Crippen LogP contribution >= 0.6 is 0 Å². The van der Waals surface area contributed by atoms with E-state index in [9.17, 15) is 15.0 Å². The van der Waals surface area contributed by atoms with Crippen molar-refractivity contribution in [3.05, 3.63) is 29.6 Å². The van der Waals surface area contributed by atoms with Gasteiger partial charge in [-0.2, -0.15) is 0 Å². The third-order valence-electron chi connectivity index (χ3n) is 2.43. The van der Waals surface area contributed by atoms with Gasteiger partial charge < -0.3 is 20.3 Å². The van der Waals surface area contributed by atoms with Crippen LogP contribution in [0.3, 0.4) is 0 Å². The first-order valence-electron chi connectivity index (χ1n) is 6.45. The summed E-state index contributed by atoms with van der Waals surface area (Å²) in [5, 5.41) is 22.2. The number of hydrogen-bond acceptors (Lipinski definition) is 5. The summed E-state index contributed by atoms with van der Waals surface area (Å²) in [6, 6.07) is 5.16. The molecule has 1 aromatic heterocycles. The standard InChI is InChI=1S/C14H22N2O4/c1-9-6-5-7-10(16-9)12(18)11(17)8-15-13(19)20-14(2,3)4/h5-7,11-12,17-18H,8H2,1-4H3,(H,15,19). The highest BCUT2D eigenvalue weighted by molar-refractivity contribution is 5.67. The Kier molecular flexibility index (Phi) is 5.47. The summed E-state index contributed by atoms with van der Waals surface area (Å²) in [4.78, 5) is 15.6. The third-order valence-corrected chi connectivity index (χ3v) is 2.43. The largest absolute Gasteiger partial charge is 0.444 e. The Balaban J connectivity index is 2.50. The lowest BCUT2D eigenvalue weighted by Gasteiger charge is -2.22. The van der Waals surface area contributed by atoms with Crippen LogP contribution in [0, 0.1) is 6.92 Å². The number of aryl methyl sites for hydroxylation is 1. The monoisotopic (exact) mass is 282 g/mol. The first-order chi connectivity index (χ1) is 9.19. The molecule has 0 aliphatic rings. The number of rotatable bonds is 4. The highest BCUT2D eigenvalue weighted by Crippen LogP contribution is 2.14. The lowest BCUT2D eigenvalue weighted by molar-refractivity contribution is 0.0108. The van der Waals surface area contributed by atoms with Gasteiger partial charge in [0.1, 0.15) is 17.8 Å². The summed E-state index contributed by atoms with van der Waals surface area (Å²) in [5.74, 6) is 0. The fourth-order valence-electron chi connectivity index (χ4n) is 1.54. The van der Waals surface area contributed by atoms with E-state index in [4.69, 9.17) is 4.74 Å². The molecule has 1 aromatic rings.